The maximum atomic E-state index is 10.8. The van der Waals surface area contributed by atoms with Gasteiger partial charge in [0.05, 0.1) is 12.2 Å². The molecule has 1 fully saturated rings. The molecular formula is C13H15N3O2S. The monoisotopic (exact) mass is 277 g/mol. The van der Waals surface area contributed by atoms with Crippen molar-refractivity contribution >= 4 is 11.9 Å². The zero-order valence-electron chi connectivity index (χ0n) is 10.7. The van der Waals surface area contributed by atoms with Crippen molar-refractivity contribution < 1.29 is 5.11 Å². The van der Waals surface area contributed by atoms with E-state index in [1.165, 1.54) is 11.9 Å². The summed E-state index contributed by atoms with van der Waals surface area (Å²) in [6.45, 7) is 2.80. The molecule has 0 radical (unpaired) electrons. The Morgan fingerprint density at radius 2 is 2.42 bits per heavy atom. The molecule has 1 atom stereocenters. The molecule has 1 aromatic rings. The summed E-state index contributed by atoms with van der Waals surface area (Å²) >= 11 is 1.44. The van der Waals surface area contributed by atoms with Gasteiger partial charge >= 0.3 is 0 Å². The molecule has 100 valence electrons. The molecule has 1 saturated heterocycles. The van der Waals surface area contributed by atoms with Crippen LogP contribution in [0.4, 0.5) is 0 Å². The number of aliphatic hydroxyl groups is 1. The van der Waals surface area contributed by atoms with Crippen molar-refractivity contribution in [1.29, 1.82) is 5.26 Å². The van der Waals surface area contributed by atoms with Gasteiger partial charge in [-0.1, -0.05) is 11.2 Å². The second-order valence-corrected chi connectivity index (χ2v) is 5.93. The summed E-state index contributed by atoms with van der Waals surface area (Å²) in [6.07, 6.45) is 0.549. The number of hydrogen-bond acceptors (Lipinski definition) is 6. The van der Waals surface area contributed by atoms with E-state index in [1.54, 1.807) is 0 Å². The molecule has 19 heavy (non-hydrogen) atoms. The van der Waals surface area contributed by atoms with Crippen LogP contribution in [0.15, 0.2) is 28.3 Å². The minimum absolute atomic E-state index is 0.230. The van der Waals surface area contributed by atoms with Crippen molar-refractivity contribution in [2.45, 2.75) is 23.8 Å². The largest absolute Gasteiger partial charge is 0.394 e. The van der Waals surface area contributed by atoms with Crippen LogP contribution in [-0.4, -0.2) is 34.6 Å². The minimum Gasteiger partial charge on any atom is -0.394 e. The van der Waals surface area contributed by atoms with Crippen molar-refractivity contribution in [2.24, 2.45) is 5.18 Å². The van der Waals surface area contributed by atoms with Gasteiger partial charge in [0.15, 0.2) is 0 Å². The van der Waals surface area contributed by atoms with Crippen LogP contribution in [0.25, 0.3) is 0 Å². The van der Waals surface area contributed by atoms with E-state index >= 15 is 0 Å². The third-order valence-electron chi connectivity index (χ3n) is 3.27. The van der Waals surface area contributed by atoms with Crippen LogP contribution in [0, 0.1) is 23.2 Å². The lowest BCUT2D eigenvalue weighted by Gasteiger charge is -2.18. The quantitative estimate of drug-likeness (QED) is 0.673. The van der Waals surface area contributed by atoms with Gasteiger partial charge < -0.3 is 5.11 Å². The Labute approximate surface area is 116 Å². The van der Waals surface area contributed by atoms with Crippen LogP contribution in [0.2, 0.25) is 0 Å². The molecule has 6 heteroatoms. The zero-order valence-corrected chi connectivity index (χ0v) is 11.5. The van der Waals surface area contributed by atoms with Gasteiger partial charge in [0.1, 0.15) is 11.6 Å². The number of nitroso groups, excluding NO2 is 1. The van der Waals surface area contributed by atoms with E-state index in [-0.39, 0.29) is 6.61 Å². The predicted molar refractivity (Wildman–Crippen MR) is 73.6 cm³/mol. The lowest BCUT2D eigenvalue weighted by Crippen LogP contribution is -2.33. The first-order valence-corrected chi connectivity index (χ1v) is 6.79. The molecule has 1 aromatic carbocycles. The summed E-state index contributed by atoms with van der Waals surface area (Å²) in [4.78, 5) is 11.7. The third kappa shape index (κ3) is 2.95. The summed E-state index contributed by atoms with van der Waals surface area (Å²) < 4.78 is 1.98. The van der Waals surface area contributed by atoms with Gasteiger partial charge in [-0.3, -0.25) is 0 Å². The Balaban J connectivity index is 2.12. The summed E-state index contributed by atoms with van der Waals surface area (Å²) in [6, 6.07) is 7.88. The molecule has 0 bridgehead atoms. The van der Waals surface area contributed by atoms with Gasteiger partial charge in [-0.15, -0.1) is 0 Å². The predicted octanol–water partition coefficient (Wildman–Crippen LogP) is 2.08. The van der Waals surface area contributed by atoms with E-state index in [9.17, 15) is 10.0 Å². The zero-order chi connectivity index (χ0) is 13.9. The molecule has 2 rings (SSSR count). The Morgan fingerprint density at radius 3 is 3.00 bits per heavy atom. The van der Waals surface area contributed by atoms with Gasteiger partial charge in [0.2, 0.25) is 0 Å². The standard InChI is InChI=1S/C13H15N3O2S/c1-10-2-3-12(11(6-10)7-14)19-16-5-4-13(8-16,9-17)15-18/h2-3,6,17H,4-5,8-9H2,1H3. The SMILES string of the molecule is Cc1ccc(SN2CCC(CO)(N=O)C2)c(C#N)c1. The van der Waals surface area contributed by atoms with Gasteiger partial charge in [0.25, 0.3) is 0 Å². The number of hydrogen-bond donors (Lipinski definition) is 1. The average molecular weight is 277 g/mol. The Morgan fingerprint density at radius 1 is 1.63 bits per heavy atom. The maximum Gasteiger partial charge on any atom is 0.140 e. The van der Waals surface area contributed by atoms with Gasteiger partial charge in [-0.2, -0.15) is 10.2 Å². The molecule has 1 heterocycles. The Bertz CT molecular complexity index is 529. The molecule has 1 N–H and O–H groups in total. The summed E-state index contributed by atoms with van der Waals surface area (Å²) in [5, 5.41) is 21.4. The topological polar surface area (TPSA) is 76.7 Å². The first-order valence-electron chi connectivity index (χ1n) is 6.01. The molecule has 0 amide bonds. The van der Waals surface area contributed by atoms with Gasteiger partial charge in [-0.25, -0.2) is 4.31 Å². The average Bonchev–Trinajstić information content (AvgIpc) is 2.85. The number of rotatable bonds is 4. The fraction of sp³-hybridized carbons (Fsp3) is 0.462. The van der Waals surface area contributed by atoms with E-state index in [4.69, 9.17) is 5.26 Å². The van der Waals surface area contributed by atoms with Crippen LogP contribution in [0.5, 0.6) is 0 Å². The van der Waals surface area contributed by atoms with Gasteiger partial charge in [0, 0.05) is 18.0 Å². The van der Waals surface area contributed by atoms with Crippen LogP contribution in [0.1, 0.15) is 17.5 Å². The first kappa shape index (κ1) is 14.0. The van der Waals surface area contributed by atoms with E-state index in [0.29, 0.717) is 25.1 Å². The van der Waals surface area contributed by atoms with E-state index in [2.05, 4.69) is 11.2 Å². The summed E-state index contributed by atoms with van der Waals surface area (Å²) in [5.41, 5.74) is 0.789. The second-order valence-electron chi connectivity index (χ2n) is 4.79. The van der Waals surface area contributed by atoms with Gasteiger partial charge in [-0.05, 0) is 43.0 Å². The molecule has 1 unspecified atom stereocenters. The second kappa shape index (κ2) is 5.70. The molecule has 1 aliphatic rings. The summed E-state index contributed by atoms with van der Waals surface area (Å²) in [5.74, 6) is 0. The minimum atomic E-state index is -0.884. The van der Waals surface area contributed by atoms with E-state index < -0.39 is 5.54 Å². The highest BCUT2D eigenvalue weighted by Gasteiger charge is 2.39. The maximum absolute atomic E-state index is 10.8. The van der Waals surface area contributed by atoms with Crippen LogP contribution in [0.3, 0.4) is 0 Å². The number of nitriles is 1. The summed E-state index contributed by atoms with van der Waals surface area (Å²) in [7, 11) is 0. The van der Waals surface area contributed by atoms with Crippen molar-refractivity contribution in [3.63, 3.8) is 0 Å². The molecule has 0 saturated carbocycles. The molecule has 0 aliphatic carbocycles. The fourth-order valence-corrected chi connectivity index (χ4v) is 3.18. The Hall–Kier alpha value is -1.42. The molecule has 0 aromatic heterocycles. The highest BCUT2D eigenvalue weighted by Crippen LogP contribution is 2.34. The number of aryl methyl sites for hydroxylation is 1. The number of aliphatic hydroxyl groups excluding tert-OH is 1. The van der Waals surface area contributed by atoms with Crippen molar-refractivity contribution in [2.75, 3.05) is 19.7 Å². The van der Waals surface area contributed by atoms with E-state index in [0.717, 1.165) is 10.5 Å². The third-order valence-corrected chi connectivity index (χ3v) is 4.39. The molecular weight excluding hydrogens is 262 g/mol. The molecule has 0 spiro atoms. The van der Waals surface area contributed by atoms with Crippen molar-refractivity contribution in [3.8, 4) is 6.07 Å². The van der Waals surface area contributed by atoms with Crippen LogP contribution < -0.4 is 0 Å². The number of benzene rings is 1. The fourth-order valence-electron chi connectivity index (χ4n) is 2.08. The molecule has 5 nitrogen and oxygen atoms in total. The highest BCUT2D eigenvalue weighted by molar-refractivity contribution is 7.97. The van der Waals surface area contributed by atoms with Crippen molar-refractivity contribution in [1.82, 2.24) is 4.31 Å². The smallest absolute Gasteiger partial charge is 0.140 e. The first-order chi connectivity index (χ1) is 9.12. The number of nitrogens with zero attached hydrogens (tertiary/aromatic N) is 3. The molecule has 1 aliphatic heterocycles. The normalized spacial score (nSPS) is 23.2. The van der Waals surface area contributed by atoms with Crippen LogP contribution >= 0.6 is 11.9 Å². The van der Waals surface area contributed by atoms with E-state index in [1.807, 2.05) is 29.4 Å². The highest BCUT2D eigenvalue weighted by atomic mass is 32.2. The van der Waals surface area contributed by atoms with Crippen LogP contribution in [-0.2, 0) is 0 Å². The Kier molecular flexibility index (Phi) is 4.20. The lowest BCUT2D eigenvalue weighted by molar-refractivity contribution is 0.205. The van der Waals surface area contributed by atoms with Crippen molar-refractivity contribution in [3.05, 3.63) is 34.2 Å². The lowest BCUT2D eigenvalue weighted by atomic mass is 10.0.